The quantitative estimate of drug-likeness (QED) is 0.536. The third kappa shape index (κ3) is 5.12. The number of aromatic nitrogens is 3. The molecule has 0 bridgehead atoms. The van der Waals surface area contributed by atoms with Crippen LogP contribution >= 0.6 is 23.4 Å². The number of rotatable bonds is 8. The number of halogens is 1. The molecule has 138 valence electrons. The molecular formula is C18H16ClN5O2S. The first-order valence-electron chi connectivity index (χ1n) is 8.13. The fourth-order valence-electron chi connectivity index (χ4n) is 2.41. The van der Waals surface area contributed by atoms with Crippen molar-refractivity contribution in [3.8, 4) is 11.8 Å². The van der Waals surface area contributed by atoms with E-state index in [0.29, 0.717) is 29.0 Å². The van der Waals surface area contributed by atoms with Crippen LogP contribution in [0, 0.1) is 11.3 Å². The van der Waals surface area contributed by atoms with Gasteiger partial charge in [0.25, 0.3) is 0 Å². The molecule has 0 saturated heterocycles. The lowest BCUT2D eigenvalue weighted by Crippen LogP contribution is -2.32. The number of hydrogen-bond donors (Lipinski definition) is 0. The fourth-order valence-corrected chi connectivity index (χ4v) is 3.43. The molecule has 0 saturated carbocycles. The molecule has 0 aliphatic carbocycles. The maximum Gasteiger partial charge on any atom is 0.233 e. The molecule has 27 heavy (non-hydrogen) atoms. The van der Waals surface area contributed by atoms with Crippen LogP contribution in [0.5, 0.6) is 0 Å². The van der Waals surface area contributed by atoms with Gasteiger partial charge in [-0.25, -0.2) is 0 Å². The Kier molecular flexibility index (Phi) is 6.52. The molecule has 2 heterocycles. The molecule has 3 aromatic rings. The summed E-state index contributed by atoms with van der Waals surface area (Å²) in [4.78, 5) is 14.3. The summed E-state index contributed by atoms with van der Waals surface area (Å²) in [6.45, 7) is 0.673. The second-order valence-electron chi connectivity index (χ2n) is 5.55. The van der Waals surface area contributed by atoms with E-state index in [0.717, 1.165) is 5.69 Å². The number of benzene rings is 1. The Balaban J connectivity index is 1.67. The molecule has 0 radical (unpaired) electrons. The highest BCUT2D eigenvalue weighted by Gasteiger charge is 2.17. The van der Waals surface area contributed by atoms with Crippen LogP contribution in [-0.2, 0) is 11.3 Å². The van der Waals surface area contributed by atoms with Crippen molar-refractivity contribution >= 4 is 29.3 Å². The van der Waals surface area contributed by atoms with Crippen molar-refractivity contribution < 1.29 is 9.21 Å². The van der Waals surface area contributed by atoms with Crippen molar-refractivity contribution in [1.29, 1.82) is 5.26 Å². The normalized spacial score (nSPS) is 10.5. The monoisotopic (exact) mass is 401 g/mol. The van der Waals surface area contributed by atoms with E-state index in [9.17, 15) is 4.79 Å². The van der Waals surface area contributed by atoms with Gasteiger partial charge >= 0.3 is 0 Å². The molecule has 0 spiro atoms. The van der Waals surface area contributed by atoms with Crippen molar-refractivity contribution in [3.63, 3.8) is 0 Å². The van der Waals surface area contributed by atoms with Crippen molar-refractivity contribution in [2.45, 2.75) is 18.1 Å². The lowest BCUT2D eigenvalue weighted by molar-refractivity contribution is -0.129. The molecule has 1 amide bonds. The number of furan rings is 1. The minimum Gasteiger partial charge on any atom is -0.467 e. The van der Waals surface area contributed by atoms with Crippen LogP contribution in [0.3, 0.4) is 0 Å². The predicted octanol–water partition coefficient (Wildman–Crippen LogP) is 3.55. The Morgan fingerprint density at radius 2 is 2.26 bits per heavy atom. The summed E-state index contributed by atoms with van der Waals surface area (Å²) < 4.78 is 7.08. The van der Waals surface area contributed by atoms with Crippen molar-refractivity contribution in [1.82, 2.24) is 19.7 Å². The summed E-state index contributed by atoms with van der Waals surface area (Å²) >= 11 is 7.32. The first-order valence-corrected chi connectivity index (χ1v) is 9.49. The number of nitrogens with zero attached hydrogens (tertiary/aromatic N) is 5. The van der Waals surface area contributed by atoms with E-state index in [1.807, 2.05) is 12.1 Å². The zero-order chi connectivity index (χ0) is 19.1. The second-order valence-corrected chi connectivity index (χ2v) is 6.93. The predicted molar refractivity (Wildman–Crippen MR) is 101 cm³/mol. The van der Waals surface area contributed by atoms with E-state index in [-0.39, 0.29) is 18.1 Å². The lowest BCUT2D eigenvalue weighted by Gasteiger charge is -2.20. The molecule has 0 N–H and O–H groups in total. The Morgan fingerprint density at radius 3 is 3.00 bits per heavy atom. The third-order valence-corrected chi connectivity index (χ3v) is 4.86. The van der Waals surface area contributed by atoms with E-state index >= 15 is 0 Å². The first-order chi connectivity index (χ1) is 13.2. The van der Waals surface area contributed by atoms with Gasteiger partial charge in [0.15, 0.2) is 5.16 Å². The van der Waals surface area contributed by atoms with Crippen LogP contribution in [0.4, 0.5) is 0 Å². The molecule has 0 aliphatic rings. The van der Waals surface area contributed by atoms with Crippen LogP contribution in [0.2, 0.25) is 5.02 Å². The van der Waals surface area contributed by atoms with E-state index in [1.54, 1.807) is 46.3 Å². The van der Waals surface area contributed by atoms with Gasteiger partial charge in [-0.3, -0.25) is 9.36 Å². The van der Waals surface area contributed by atoms with Crippen LogP contribution in [0.1, 0.15) is 12.2 Å². The Labute approximate surface area is 165 Å². The summed E-state index contributed by atoms with van der Waals surface area (Å²) in [7, 11) is 0. The molecular weight excluding hydrogens is 386 g/mol. The molecule has 0 atom stereocenters. The van der Waals surface area contributed by atoms with E-state index in [2.05, 4.69) is 16.3 Å². The zero-order valence-corrected chi connectivity index (χ0v) is 15.9. The molecule has 0 aliphatic heterocycles. The smallest absolute Gasteiger partial charge is 0.233 e. The van der Waals surface area contributed by atoms with Crippen molar-refractivity contribution in [2.75, 3.05) is 12.3 Å². The fraction of sp³-hybridized carbons (Fsp3) is 0.222. The maximum atomic E-state index is 12.6. The number of carbonyl (C=O) groups is 1. The summed E-state index contributed by atoms with van der Waals surface area (Å²) in [5, 5.41) is 18.0. The van der Waals surface area contributed by atoms with Gasteiger partial charge < -0.3 is 9.32 Å². The third-order valence-electron chi connectivity index (χ3n) is 3.70. The van der Waals surface area contributed by atoms with Crippen LogP contribution in [0.15, 0.2) is 58.6 Å². The minimum absolute atomic E-state index is 0.104. The van der Waals surface area contributed by atoms with E-state index < -0.39 is 0 Å². The highest BCUT2D eigenvalue weighted by Crippen LogP contribution is 2.22. The van der Waals surface area contributed by atoms with Gasteiger partial charge in [0.05, 0.1) is 36.7 Å². The van der Waals surface area contributed by atoms with E-state index in [4.69, 9.17) is 21.3 Å². The first kappa shape index (κ1) is 19.0. The Hall–Kier alpha value is -2.76. The molecule has 1 aromatic carbocycles. The number of thioether (sulfide) groups is 1. The summed E-state index contributed by atoms with van der Waals surface area (Å²) in [6.07, 6.45) is 3.40. The highest BCUT2D eigenvalue weighted by molar-refractivity contribution is 7.99. The molecule has 9 heteroatoms. The van der Waals surface area contributed by atoms with E-state index in [1.165, 1.54) is 11.8 Å². The summed E-state index contributed by atoms with van der Waals surface area (Å²) in [6, 6.07) is 12.9. The SMILES string of the molecule is N#CCCN(Cc1ccco1)C(=O)CSc1nncn1-c1cccc(Cl)c1. The van der Waals surface area contributed by atoms with Crippen LogP contribution < -0.4 is 0 Å². The number of hydrogen-bond acceptors (Lipinski definition) is 6. The van der Waals surface area contributed by atoms with Gasteiger partial charge in [0.2, 0.25) is 5.91 Å². The topological polar surface area (TPSA) is 87.9 Å². The second kappa shape index (κ2) is 9.26. The highest BCUT2D eigenvalue weighted by atomic mass is 35.5. The van der Waals surface area contributed by atoms with Gasteiger partial charge in [-0.1, -0.05) is 29.4 Å². The lowest BCUT2D eigenvalue weighted by atomic mass is 10.3. The largest absolute Gasteiger partial charge is 0.467 e. The average molecular weight is 402 g/mol. The van der Waals surface area contributed by atoms with Gasteiger partial charge in [0, 0.05) is 11.6 Å². The van der Waals surface area contributed by atoms with Gasteiger partial charge in [-0.2, -0.15) is 5.26 Å². The number of carbonyl (C=O) groups excluding carboxylic acids is 1. The van der Waals surface area contributed by atoms with Crippen molar-refractivity contribution in [2.24, 2.45) is 0 Å². The summed E-state index contributed by atoms with van der Waals surface area (Å²) in [5.41, 5.74) is 0.819. The number of amides is 1. The Bertz CT molecular complexity index is 935. The van der Waals surface area contributed by atoms with Gasteiger partial charge in [-0.15, -0.1) is 10.2 Å². The Morgan fingerprint density at radius 1 is 1.37 bits per heavy atom. The van der Waals surface area contributed by atoms with Gasteiger partial charge in [-0.05, 0) is 30.3 Å². The van der Waals surface area contributed by atoms with Gasteiger partial charge in [0.1, 0.15) is 12.1 Å². The van der Waals surface area contributed by atoms with Crippen molar-refractivity contribution in [3.05, 3.63) is 59.8 Å². The molecule has 0 unspecified atom stereocenters. The maximum absolute atomic E-state index is 12.6. The number of nitriles is 1. The molecule has 0 fully saturated rings. The molecule has 2 aromatic heterocycles. The average Bonchev–Trinajstić information content (AvgIpc) is 3.34. The summed E-state index contributed by atoms with van der Waals surface area (Å²) in [5.74, 6) is 0.742. The van der Waals surface area contributed by atoms with Crippen LogP contribution in [-0.4, -0.2) is 37.9 Å². The molecule has 3 rings (SSSR count). The molecule has 7 nitrogen and oxygen atoms in total. The standard InChI is InChI=1S/C18H16ClN5O2S/c19-14-4-1-5-15(10-14)24-13-21-22-18(24)27-12-17(25)23(8-3-7-20)11-16-6-2-9-26-16/h1-2,4-6,9-10,13H,3,8,11-12H2. The zero-order valence-electron chi connectivity index (χ0n) is 14.3. The van der Waals surface area contributed by atoms with Crippen LogP contribution in [0.25, 0.3) is 5.69 Å². The minimum atomic E-state index is -0.104.